The van der Waals surface area contributed by atoms with Crippen LogP contribution >= 0.6 is 0 Å². The maximum absolute atomic E-state index is 11.0. The minimum absolute atomic E-state index is 0. The van der Waals surface area contributed by atoms with E-state index in [0.29, 0.717) is 12.8 Å². The summed E-state index contributed by atoms with van der Waals surface area (Å²) in [5.41, 5.74) is 0. The Morgan fingerprint density at radius 2 is 0.960 bits per heavy atom. The van der Waals surface area contributed by atoms with Crippen LogP contribution in [0.3, 0.4) is 0 Å². The number of hydrogen-bond acceptors (Lipinski definition) is 6. The number of carbonyl (C=O) groups is 4. The van der Waals surface area contributed by atoms with Crippen LogP contribution in [-0.2, 0) is 36.2 Å². The zero-order chi connectivity index (χ0) is 19.1. The second kappa shape index (κ2) is 17.6. The van der Waals surface area contributed by atoms with Gasteiger partial charge in [0.1, 0.15) is 11.6 Å². The number of aliphatic carboxylic acids is 2. The maximum Gasteiger partial charge on any atom is 2.00 e. The predicted octanol–water partition coefficient (Wildman–Crippen LogP) is 1.04. The van der Waals surface area contributed by atoms with Crippen LogP contribution < -0.4 is 10.2 Å². The molecular formula is C18H30FeO6. The van der Waals surface area contributed by atoms with Crippen molar-refractivity contribution in [2.75, 3.05) is 0 Å². The van der Waals surface area contributed by atoms with Gasteiger partial charge in [-0.05, 0) is 12.8 Å². The smallest absolute Gasteiger partial charge is 0.549 e. The summed E-state index contributed by atoms with van der Waals surface area (Å²) >= 11 is 0. The summed E-state index contributed by atoms with van der Waals surface area (Å²) in [6.07, 6.45) is 4.75. The molecule has 0 aromatic heterocycles. The molecule has 0 fully saturated rings. The van der Waals surface area contributed by atoms with Gasteiger partial charge < -0.3 is 19.8 Å². The first-order valence-corrected chi connectivity index (χ1v) is 8.73. The van der Waals surface area contributed by atoms with Crippen LogP contribution in [0.15, 0.2) is 0 Å². The Balaban J connectivity index is -0.000000372. The van der Waals surface area contributed by atoms with Crippen LogP contribution in [0.1, 0.15) is 79.1 Å². The molecule has 6 nitrogen and oxygen atoms in total. The van der Waals surface area contributed by atoms with Crippen molar-refractivity contribution >= 4 is 23.5 Å². The number of unbranched alkanes of at least 4 members (excludes halogenated alkanes) is 2. The molecule has 0 spiro atoms. The molecule has 0 saturated carbocycles. The molecule has 2 atom stereocenters. The van der Waals surface area contributed by atoms with Gasteiger partial charge in [0.2, 0.25) is 0 Å². The van der Waals surface area contributed by atoms with Gasteiger partial charge in [-0.3, -0.25) is 9.59 Å². The van der Waals surface area contributed by atoms with Crippen molar-refractivity contribution in [3.63, 3.8) is 0 Å². The third-order valence-electron chi connectivity index (χ3n) is 3.74. The number of ketones is 2. The molecule has 0 bridgehead atoms. The molecule has 0 amide bonds. The van der Waals surface area contributed by atoms with Gasteiger partial charge in [-0.2, -0.15) is 0 Å². The van der Waals surface area contributed by atoms with Gasteiger partial charge >= 0.3 is 17.1 Å². The number of hydrogen-bond donors (Lipinski definition) is 0. The van der Waals surface area contributed by atoms with Crippen molar-refractivity contribution in [1.82, 2.24) is 0 Å². The largest absolute Gasteiger partial charge is 2.00 e. The molecule has 0 aliphatic carbocycles. The van der Waals surface area contributed by atoms with E-state index in [1.165, 1.54) is 0 Å². The third-order valence-corrected chi connectivity index (χ3v) is 3.74. The Labute approximate surface area is 161 Å². The summed E-state index contributed by atoms with van der Waals surface area (Å²) < 4.78 is 0. The van der Waals surface area contributed by atoms with Crippen molar-refractivity contribution in [3.05, 3.63) is 0 Å². The van der Waals surface area contributed by atoms with E-state index < -0.39 is 23.8 Å². The van der Waals surface area contributed by atoms with Crippen molar-refractivity contribution in [1.29, 1.82) is 0 Å². The molecule has 0 aromatic rings. The van der Waals surface area contributed by atoms with E-state index in [4.69, 9.17) is 0 Å². The first-order valence-electron chi connectivity index (χ1n) is 8.73. The van der Waals surface area contributed by atoms with Gasteiger partial charge in [-0.1, -0.05) is 53.4 Å². The Hall–Kier alpha value is -1.20. The van der Waals surface area contributed by atoms with E-state index in [-0.39, 0.29) is 41.5 Å². The third kappa shape index (κ3) is 13.7. The Morgan fingerprint density at radius 3 is 1.12 bits per heavy atom. The number of rotatable bonds is 12. The number of Topliss-reactive ketones (excluding diaryl/α,β-unsaturated/α-hetero) is 2. The standard InChI is InChI=1S/2C9H16O3.Fe/c2*1-3-5-6-7(9(11)12)8(10)4-2;/h2*7H,3-6H2,1-2H3,(H,11,12);/q;;+2/p-2. The molecular weight excluding hydrogens is 368 g/mol. The molecule has 25 heavy (non-hydrogen) atoms. The zero-order valence-electron chi connectivity index (χ0n) is 15.6. The van der Waals surface area contributed by atoms with E-state index in [2.05, 4.69) is 0 Å². The van der Waals surface area contributed by atoms with Crippen LogP contribution in [0.2, 0.25) is 0 Å². The van der Waals surface area contributed by atoms with Gasteiger partial charge in [-0.25, -0.2) is 0 Å². The molecule has 2 unspecified atom stereocenters. The molecule has 0 N–H and O–H groups in total. The van der Waals surface area contributed by atoms with Crippen molar-refractivity contribution in [2.24, 2.45) is 11.8 Å². The Morgan fingerprint density at radius 1 is 0.680 bits per heavy atom. The molecule has 0 aliphatic rings. The zero-order valence-corrected chi connectivity index (χ0v) is 16.7. The van der Waals surface area contributed by atoms with Crippen LogP contribution in [0, 0.1) is 11.8 Å². The van der Waals surface area contributed by atoms with E-state index in [1.54, 1.807) is 13.8 Å². The fourth-order valence-electron chi connectivity index (χ4n) is 2.13. The van der Waals surface area contributed by atoms with Crippen LogP contribution in [-0.4, -0.2) is 23.5 Å². The summed E-state index contributed by atoms with van der Waals surface area (Å²) in [7, 11) is 0. The molecule has 0 radical (unpaired) electrons. The molecule has 0 rings (SSSR count). The molecule has 7 heteroatoms. The fourth-order valence-corrected chi connectivity index (χ4v) is 2.13. The van der Waals surface area contributed by atoms with Crippen LogP contribution in [0.5, 0.6) is 0 Å². The van der Waals surface area contributed by atoms with Crippen LogP contribution in [0.25, 0.3) is 0 Å². The summed E-state index contributed by atoms with van der Waals surface area (Å²) in [6.45, 7) is 7.26. The molecule has 0 heterocycles. The number of carboxylic acids is 2. The molecule has 0 aliphatic heterocycles. The van der Waals surface area contributed by atoms with E-state index in [1.807, 2.05) is 13.8 Å². The van der Waals surface area contributed by atoms with E-state index in [9.17, 15) is 29.4 Å². The molecule has 146 valence electrons. The van der Waals surface area contributed by atoms with Gasteiger partial charge in [0.15, 0.2) is 0 Å². The minimum Gasteiger partial charge on any atom is -0.549 e. The first kappa shape index (κ1) is 28.6. The Kier molecular flexibility index (Phi) is 20.2. The normalized spacial score (nSPS) is 12.0. The maximum atomic E-state index is 11.0. The van der Waals surface area contributed by atoms with Gasteiger partial charge in [0.25, 0.3) is 0 Å². The van der Waals surface area contributed by atoms with Crippen LogP contribution in [0.4, 0.5) is 0 Å². The van der Waals surface area contributed by atoms with Gasteiger partial charge in [0, 0.05) is 12.8 Å². The van der Waals surface area contributed by atoms with Crippen molar-refractivity contribution in [3.8, 4) is 0 Å². The topological polar surface area (TPSA) is 114 Å². The monoisotopic (exact) mass is 398 g/mol. The first-order chi connectivity index (χ1) is 11.3. The summed E-state index contributed by atoms with van der Waals surface area (Å²) in [5, 5.41) is 20.9. The van der Waals surface area contributed by atoms with Crippen molar-refractivity contribution < 1.29 is 46.5 Å². The second-order valence-electron chi connectivity index (χ2n) is 5.67. The van der Waals surface area contributed by atoms with E-state index in [0.717, 1.165) is 25.7 Å². The minimum atomic E-state index is -1.23. The summed E-state index contributed by atoms with van der Waals surface area (Å²) in [5.74, 6) is -4.65. The Bertz CT molecular complexity index is 370. The number of carboxylic acid groups (broad SMARTS) is 2. The average molecular weight is 398 g/mol. The predicted molar refractivity (Wildman–Crippen MR) is 86.6 cm³/mol. The quantitative estimate of drug-likeness (QED) is 0.358. The summed E-state index contributed by atoms with van der Waals surface area (Å²) in [6, 6.07) is 0. The van der Waals surface area contributed by atoms with E-state index >= 15 is 0 Å². The fraction of sp³-hybridized carbons (Fsp3) is 0.778. The SMILES string of the molecule is CCCCC(C(=O)[O-])C(=O)CC.CCCCC(C(=O)[O-])C(=O)CC.[Fe+2]. The second-order valence-corrected chi connectivity index (χ2v) is 5.67. The van der Waals surface area contributed by atoms with Crippen molar-refractivity contribution in [2.45, 2.75) is 79.1 Å². The van der Waals surface area contributed by atoms with Gasteiger partial charge in [-0.15, -0.1) is 0 Å². The average Bonchev–Trinajstić information content (AvgIpc) is 2.54. The summed E-state index contributed by atoms with van der Waals surface area (Å²) in [4.78, 5) is 43.0. The molecule has 0 saturated heterocycles. The molecule has 0 aromatic carbocycles. The van der Waals surface area contributed by atoms with Gasteiger partial charge in [0.05, 0.1) is 23.8 Å². The number of carbonyl (C=O) groups excluding carboxylic acids is 4.